The minimum atomic E-state index is -0.839. The highest BCUT2D eigenvalue weighted by atomic mass is 16.5. The Morgan fingerprint density at radius 1 is 1.08 bits per heavy atom. The molecule has 0 saturated carbocycles. The molecule has 5 nitrogen and oxygen atoms in total. The lowest BCUT2D eigenvalue weighted by Gasteiger charge is -2.19. The summed E-state index contributed by atoms with van der Waals surface area (Å²) >= 11 is 0. The third-order valence-electron chi connectivity index (χ3n) is 3.80. The second-order valence-electron chi connectivity index (χ2n) is 5.66. The van der Waals surface area contributed by atoms with Crippen molar-refractivity contribution < 1.29 is 14.3 Å². The fourth-order valence-corrected chi connectivity index (χ4v) is 2.37. The molecule has 0 radical (unpaired) electrons. The molecular formula is C19H22N2O3. The van der Waals surface area contributed by atoms with Gasteiger partial charge in [0.25, 0.3) is 0 Å². The number of nitrogens with one attached hydrogen (secondary N) is 1. The summed E-state index contributed by atoms with van der Waals surface area (Å²) < 4.78 is 4.79. The van der Waals surface area contributed by atoms with E-state index in [-0.39, 0.29) is 0 Å². The molecular weight excluding hydrogens is 304 g/mol. The SMILES string of the molecule is COC(=O)C(Cc1ccccc1)NC(=O)C(N)c1ccc(C)cc1. The molecule has 0 heterocycles. The van der Waals surface area contributed by atoms with E-state index in [9.17, 15) is 9.59 Å². The van der Waals surface area contributed by atoms with Gasteiger partial charge in [-0.2, -0.15) is 0 Å². The zero-order valence-corrected chi connectivity index (χ0v) is 13.9. The second-order valence-corrected chi connectivity index (χ2v) is 5.66. The minimum absolute atomic E-state index is 0.347. The standard InChI is InChI=1S/C19H22N2O3/c1-13-8-10-15(11-9-13)17(20)18(22)21-16(19(23)24-2)12-14-6-4-3-5-7-14/h3-11,16-17H,12,20H2,1-2H3,(H,21,22). The van der Waals surface area contributed by atoms with Gasteiger partial charge in [-0.1, -0.05) is 60.2 Å². The van der Waals surface area contributed by atoms with Crippen molar-refractivity contribution in [1.82, 2.24) is 5.32 Å². The molecule has 5 heteroatoms. The van der Waals surface area contributed by atoms with Gasteiger partial charge in [0.05, 0.1) is 7.11 Å². The molecule has 2 atom stereocenters. The summed E-state index contributed by atoms with van der Waals surface area (Å²) in [4.78, 5) is 24.4. The van der Waals surface area contributed by atoms with Crippen LogP contribution in [0.1, 0.15) is 22.7 Å². The number of ether oxygens (including phenoxy) is 1. The number of esters is 1. The van der Waals surface area contributed by atoms with Gasteiger partial charge in [0.15, 0.2) is 0 Å². The second kappa shape index (κ2) is 8.26. The number of hydrogen-bond donors (Lipinski definition) is 2. The van der Waals surface area contributed by atoms with Crippen molar-refractivity contribution in [3.8, 4) is 0 Å². The van der Waals surface area contributed by atoms with E-state index in [1.54, 1.807) is 0 Å². The van der Waals surface area contributed by atoms with Crippen LogP contribution in [0.25, 0.3) is 0 Å². The summed E-state index contributed by atoms with van der Waals surface area (Å²) in [5.74, 6) is -0.909. The number of carbonyl (C=O) groups is 2. The first-order valence-corrected chi connectivity index (χ1v) is 7.75. The van der Waals surface area contributed by atoms with Crippen LogP contribution in [0.15, 0.2) is 54.6 Å². The van der Waals surface area contributed by atoms with Crippen molar-refractivity contribution in [2.75, 3.05) is 7.11 Å². The number of rotatable bonds is 6. The zero-order valence-electron chi connectivity index (χ0n) is 13.9. The number of hydrogen-bond acceptors (Lipinski definition) is 4. The summed E-state index contributed by atoms with van der Waals surface area (Å²) in [7, 11) is 1.30. The number of methoxy groups -OCH3 is 1. The van der Waals surface area contributed by atoms with Crippen molar-refractivity contribution >= 4 is 11.9 Å². The lowest BCUT2D eigenvalue weighted by atomic mass is 10.0. The summed E-state index contributed by atoms with van der Waals surface area (Å²) in [6.07, 6.45) is 0.347. The van der Waals surface area contributed by atoms with Crippen molar-refractivity contribution in [2.45, 2.75) is 25.4 Å². The van der Waals surface area contributed by atoms with Crippen LogP contribution in [0.5, 0.6) is 0 Å². The van der Waals surface area contributed by atoms with Crippen molar-refractivity contribution in [1.29, 1.82) is 0 Å². The molecule has 0 aliphatic carbocycles. The predicted octanol–water partition coefficient (Wildman–Crippen LogP) is 1.90. The molecule has 0 aromatic heterocycles. The molecule has 3 N–H and O–H groups in total. The van der Waals surface area contributed by atoms with Gasteiger partial charge in [-0.05, 0) is 18.1 Å². The molecule has 2 aromatic rings. The number of carbonyl (C=O) groups excluding carboxylic acids is 2. The van der Waals surface area contributed by atoms with E-state index < -0.39 is 24.0 Å². The molecule has 0 fully saturated rings. The predicted molar refractivity (Wildman–Crippen MR) is 92.2 cm³/mol. The highest BCUT2D eigenvalue weighted by Gasteiger charge is 2.25. The Labute approximate surface area is 141 Å². The first-order valence-electron chi connectivity index (χ1n) is 7.75. The maximum absolute atomic E-state index is 12.4. The molecule has 0 aliphatic heterocycles. The fraction of sp³-hybridized carbons (Fsp3) is 0.263. The van der Waals surface area contributed by atoms with Gasteiger partial charge in [-0.3, -0.25) is 4.79 Å². The summed E-state index contributed by atoms with van der Waals surface area (Å²) in [5, 5.41) is 2.69. The largest absolute Gasteiger partial charge is 0.467 e. The van der Waals surface area contributed by atoms with Gasteiger partial charge in [-0.25, -0.2) is 4.79 Å². The average molecular weight is 326 g/mol. The van der Waals surface area contributed by atoms with Crippen LogP contribution >= 0.6 is 0 Å². The Balaban J connectivity index is 2.09. The smallest absolute Gasteiger partial charge is 0.328 e. The maximum Gasteiger partial charge on any atom is 0.328 e. The molecule has 24 heavy (non-hydrogen) atoms. The van der Waals surface area contributed by atoms with Crippen LogP contribution in [-0.2, 0) is 20.7 Å². The van der Waals surface area contributed by atoms with Gasteiger partial charge >= 0.3 is 5.97 Å². The Kier molecular flexibility index (Phi) is 6.09. The van der Waals surface area contributed by atoms with E-state index in [1.165, 1.54) is 7.11 Å². The molecule has 0 spiro atoms. The summed E-state index contributed by atoms with van der Waals surface area (Å²) in [6.45, 7) is 1.96. The first-order chi connectivity index (χ1) is 11.5. The Hall–Kier alpha value is -2.66. The molecule has 0 aliphatic rings. The minimum Gasteiger partial charge on any atom is -0.467 e. The van der Waals surface area contributed by atoms with Crippen LogP contribution < -0.4 is 11.1 Å². The molecule has 126 valence electrons. The number of nitrogens with two attached hydrogens (primary N) is 1. The van der Waals surface area contributed by atoms with Gasteiger partial charge in [0.2, 0.25) is 5.91 Å². The zero-order chi connectivity index (χ0) is 17.5. The lowest BCUT2D eigenvalue weighted by molar-refractivity contribution is -0.145. The number of benzene rings is 2. The summed E-state index contributed by atoms with van der Waals surface area (Å²) in [6, 6.07) is 15.2. The first kappa shape index (κ1) is 17.7. The highest BCUT2D eigenvalue weighted by molar-refractivity contribution is 5.88. The third-order valence-corrected chi connectivity index (χ3v) is 3.80. The van der Waals surface area contributed by atoms with E-state index in [0.29, 0.717) is 12.0 Å². The van der Waals surface area contributed by atoms with Gasteiger partial charge in [-0.15, -0.1) is 0 Å². The monoisotopic (exact) mass is 326 g/mol. The van der Waals surface area contributed by atoms with Crippen LogP contribution in [-0.4, -0.2) is 25.0 Å². The third kappa shape index (κ3) is 4.67. The molecule has 0 saturated heterocycles. The molecule has 1 amide bonds. The normalized spacial score (nSPS) is 13.0. The van der Waals surface area contributed by atoms with E-state index in [1.807, 2.05) is 61.5 Å². The van der Waals surface area contributed by atoms with Crippen LogP contribution in [0.2, 0.25) is 0 Å². The molecule has 0 bridgehead atoms. The van der Waals surface area contributed by atoms with Gasteiger partial charge < -0.3 is 15.8 Å². The Morgan fingerprint density at radius 3 is 2.29 bits per heavy atom. The molecule has 2 rings (SSSR count). The number of amides is 1. The maximum atomic E-state index is 12.4. The van der Waals surface area contributed by atoms with Crippen LogP contribution in [0, 0.1) is 6.92 Å². The molecule has 2 aromatic carbocycles. The van der Waals surface area contributed by atoms with E-state index in [4.69, 9.17) is 10.5 Å². The summed E-state index contributed by atoms with van der Waals surface area (Å²) in [5.41, 5.74) is 8.72. The Bertz CT molecular complexity index is 684. The van der Waals surface area contributed by atoms with Crippen LogP contribution in [0.3, 0.4) is 0 Å². The van der Waals surface area contributed by atoms with Crippen molar-refractivity contribution in [2.24, 2.45) is 5.73 Å². The van der Waals surface area contributed by atoms with E-state index in [2.05, 4.69) is 5.32 Å². The van der Waals surface area contributed by atoms with E-state index >= 15 is 0 Å². The van der Waals surface area contributed by atoms with Crippen molar-refractivity contribution in [3.05, 3.63) is 71.3 Å². The highest BCUT2D eigenvalue weighted by Crippen LogP contribution is 2.13. The van der Waals surface area contributed by atoms with Crippen LogP contribution in [0.4, 0.5) is 0 Å². The topological polar surface area (TPSA) is 81.4 Å². The van der Waals surface area contributed by atoms with E-state index in [0.717, 1.165) is 11.1 Å². The fourth-order valence-electron chi connectivity index (χ4n) is 2.37. The number of aryl methyl sites for hydroxylation is 1. The quantitative estimate of drug-likeness (QED) is 0.794. The Morgan fingerprint density at radius 2 is 1.71 bits per heavy atom. The van der Waals surface area contributed by atoms with Gasteiger partial charge in [0, 0.05) is 6.42 Å². The lowest BCUT2D eigenvalue weighted by Crippen LogP contribution is -2.46. The van der Waals surface area contributed by atoms with Crippen molar-refractivity contribution in [3.63, 3.8) is 0 Å². The average Bonchev–Trinajstić information content (AvgIpc) is 2.61. The molecule has 2 unspecified atom stereocenters. The van der Waals surface area contributed by atoms with Gasteiger partial charge in [0.1, 0.15) is 12.1 Å².